The van der Waals surface area contributed by atoms with E-state index in [4.69, 9.17) is 0 Å². The maximum Gasteiger partial charge on any atom is 0.257 e. The van der Waals surface area contributed by atoms with E-state index in [1.54, 1.807) is 6.92 Å². The number of sulfone groups is 1. The zero-order valence-electron chi connectivity index (χ0n) is 14.5. The number of aromatic nitrogens is 1. The fraction of sp³-hybridized carbons (Fsp3) is 0.100. The van der Waals surface area contributed by atoms with Crippen molar-refractivity contribution in [2.45, 2.75) is 11.8 Å². The Hall–Kier alpha value is -2.77. The van der Waals surface area contributed by atoms with Gasteiger partial charge in [0.05, 0.1) is 20.9 Å². The molecule has 4 aromatic rings. The van der Waals surface area contributed by atoms with Crippen LogP contribution in [-0.4, -0.2) is 25.1 Å². The van der Waals surface area contributed by atoms with Crippen LogP contribution in [-0.2, 0) is 9.84 Å². The average Bonchev–Trinajstić information content (AvgIpc) is 3.11. The number of hydrogen-bond acceptors (Lipinski definition) is 5. The zero-order chi connectivity index (χ0) is 19.0. The fourth-order valence-electron chi connectivity index (χ4n) is 2.86. The van der Waals surface area contributed by atoms with Crippen molar-refractivity contribution in [1.29, 1.82) is 0 Å². The van der Waals surface area contributed by atoms with Crippen LogP contribution in [0.2, 0.25) is 0 Å². The van der Waals surface area contributed by atoms with Crippen molar-refractivity contribution >= 4 is 53.2 Å². The molecule has 3 aromatic carbocycles. The van der Waals surface area contributed by atoms with Crippen LogP contribution < -0.4 is 5.32 Å². The molecule has 0 saturated carbocycles. The summed E-state index contributed by atoms with van der Waals surface area (Å²) in [6.07, 6.45) is 0. The number of rotatable bonds is 4. The van der Waals surface area contributed by atoms with Crippen molar-refractivity contribution in [2.24, 2.45) is 0 Å². The average molecular weight is 396 g/mol. The molecule has 1 aromatic heterocycles. The van der Waals surface area contributed by atoms with E-state index in [-0.39, 0.29) is 16.6 Å². The molecule has 0 unspecified atom stereocenters. The van der Waals surface area contributed by atoms with Gasteiger partial charge >= 0.3 is 0 Å². The minimum absolute atomic E-state index is 0.0260. The summed E-state index contributed by atoms with van der Waals surface area (Å²) in [5, 5.41) is 5.54. The molecular weight excluding hydrogens is 380 g/mol. The summed E-state index contributed by atoms with van der Waals surface area (Å²) in [6, 6.07) is 17.9. The Morgan fingerprint density at radius 1 is 1.04 bits per heavy atom. The highest BCUT2D eigenvalue weighted by atomic mass is 32.2. The molecular formula is C20H16N2O3S2. The van der Waals surface area contributed by atoms with Crippen LogP contribution in [0, 0.1) is 0 Å². The fourth-order valence-corrected chi connectivity index (χ4v) is 4.74. The number of anilines is 1. The van der Waals surface area contributed by atoms with Crippen LogP contribution >= 0.6 is 11.3 Å². The second kappa shape index (κ2) is 6.75. The molecule has 1 heterocycles. The molecule has 0 aliphatic carbocycles. The quantitative estimate of drug-likeness (QED) is 0.551. The maximum absolute atomic E-state index is 12.5. The minimum atomic E-state index is -3.28. The largest absolute Gasteiger partial charge is 0.298 e. The van der Waals surface area contributed by atoms with E-state index in [2.05, 4.69) is 10.3 Å². The first-order chi connectivity index (χ1) is 13.0. The smallest absolute Gasteiger partial charge is 0.257 e. The molecule has 0 fully saturated rings. The topological polar surface area (TPSA) is 76.1 Å². The molecule has 27 heavy (non-hydrogen) atoms. The summed E-state index contributed by atoms with van der Waals surface area (Å²) in [5.74, 6) is -0.295. The first-order valence-corrected chi connectivity index (χ1v) is 10.9. The Labute approximate surface area is 160 Å². The van der Waals surface area contributed by atoms with Gasteiger partial charge in [-0.1, -0.05) is 48.6 Å². The molecule has 0 aliphatic heterocycles. The lowest BCUT2D eigenvalue weighted by atomic mass is 10.1. The molecule has 0 atom stereocenters. The van der Waals surface area contributed by atoms with E-state index in [1.165, 1.54) is 35.6 Å². The zero-order valence-corrected chi connectivity index (χ0v) is 16.1. The van der Waals surface area contributed by atoms with Crippen molar-refractivity contribution in [2.75, 3.05) is 11.1 Å². The summed E-state index contributed by atoms with van der Waals surface area (Å²) in [4.78, 5) is 17.2. The Bertz CT molecular complexity index is 1260. The van der Waals surface area contributed by atoms with Gasteiger partial charge in [0.25, 0.3) is 5.91 Å². The second-order valence-corrected chi connectivity index (χ2v) is 9.31. The van der Waals surface area contributed by atoms with E-state index < -0.39 is 9.84 Å². The van der Waals surface area contributed by atoms with E-state index in [0.29, 0.717) is 10.7 Å². The van der Waals surface area contributed by atoms with Crippen molar-refractivity contribution < 1.29 is 13.2 Å². The van der Waals surface area contributed by atoms with Crippen LogP contribution in [0.1, 0.15) is 17.3 Å². The van der Waals surface area contributed by atoms with Gasteiger partial charge < -0.3 is 0 Å². The third kappa shape index (κ3) is 3.31. The highest BCUT2D eigenvalue weighted by molar-refractivity contribution is 7.91. The van der Waals surface area contributed by atoms with Gasteiger partial charge in [-0.2, -0.15) is 0 Å². The number of carbonyl (C=O) groups excluding carboxylic acids is 1. The molecule has 4 rings (SSSR count). The van der Waals surface area contributed by atoms with Gasteiger partial charge in [0.2, 0.25) is 0 Å². The van der Waals surface area contributed by atoms with Gasteiger partial charge in [0, 0.05) is 10.9 Å². The molecule has 0 radical (unpaired) electrons. The van der Waals surface area contributed by atoms with Gasteiger partial charge in [-0.15, -0.1) is 0 Å². The molecule has 7 heteroatoms. The number of hydrogen-bond donors (Lipinski definition) is 1. The molecule has 0 bridgehead atoms. The molecule has 136 valence electrons. The first kappa shape index (κ1) is 17.6. The lowest BCUT2D eigenvalue weighted by molar-refractivity contribution is 0.102. The molecule has 0 saturated heterocycles. The standard InChI is InChI=1S/C20H16N2O3S2/c1-2-27(24,25)15-10-7-14(8-11-15)19(23)22-20-21-17-12-9-13-5-3-4-6-16(13)18(17)26-20/h3-12H,2H2,1H3,(H,21,22,23). The van der Waals surface area contributed by atoms with Crippen molar-refractivity contribution in [3.63, 3.8) is 0 Å². The third-order valence-electron chi connectivity index (χ3n) is 4.36. The molecule has 0 aliphatic rings. The predicted molar refractivity (Wildman–Crippen MR) is 109 cm³/mol. The third-order valence-corrected chi connectivity index (χ3v) is 7.13. The van der Waals surface area contributed by atoms with Crippen molar-refractivity contribution in [1.82, 2.24) is 4.98 Å². The van der Waals surface area contributed by atoms with E-state index in [9.17, 15) is 13.2 Å². The summed E-state index contributed by atoms with van der Waals surface area (Å²) in [6.45, 7) is 1.59. The number of amides is 1. The van der Waals surface area contributed by atoms with Gasteiger partial charge in [0.1, 0.15) is 0 Å². The van der Waals surface area contributed by atoms with Gasteiger partial charge in [-0.25, -0.2) is 13.4 Å². The first-order valence-electron chi connectivity index (χ1n) is 8.40. The van der Waals surface area contributed by atoms with E-state index in [0.717, 1.165) is 21.0 Å². The Kier molecular flexibility index (Phi) is 4.41. The monoisotopic (exact) mass is 396 g/mol. The van der Waals surface area contributed by atoms with E-state index >= 15 is 0 Å². The van der Waals surface area contributed by atoms with Crippen LogP contribution in [0.15, 0.2) is 65.6 Å². The highest BCUT2D eigenvalue weighted by Crippen LogP contribution is 2.32. The van der Waals surface area contributed by atoms with Crippen LogP contribution in [0.5, 0.6) is 0 Å². The molecule has 1 amide bonds. The number of thiazole rings is 1. The molecule has 1 N–H and O–H groups in total. The SMILES string of the molecule is CCS(=O)(=O)c1ccc(C(=O)Nc2nc3ccc4ccccc4c3s2)cc1. The minimum Gasteiger partial charge on any atom is -0.298 e. The number of nitrogens with zero attached hydrogens (tertiary/aromatic N) is 1. The normalized spacial score (nSPS) is 11.7. The molecule has 0 spiro atoms. The predicted octanol–water partition coefficient (Wildman–Crippen LogP) is 4.50. The summed E-state index contributed by atoms with van der Waals surface area (Å²) in [7, 11) is -3.28. The number of nitrogens with one attached hydrogen (secondary N) is 1. The Morgan fingerprint density at radius 2 is 1.78 bits per heavy atom. The van der Waals surface area contributed by atoms with Crippen LogP contribution in [0.4, 0.5) is 5.13 Å². The van der Waals surface area contributed by atoms with Crippen LogP contribution in [0.3, 0.4) is 0 Å². The van der Waals surface area contributed by atoms with Gasteiger partial charge in [0.15, 0.2) is 15.0 Å². The summed E-state index contributed by atoms with van der Waals surface area (Å²) in [5.41, 5.74) is 1.22. The number of carbonyl (C=O) groups is 1. The van der Waals surface area contributed by atoms with Crippen molar-refractivity contribution in [3.05, 3.63) is 66.2 Å². The summed E-state index contributed by atoms with van der Waals surface area (Å²) >= 11 is 1.42. The Balaban J connectivity index is 1.62. The van der Waals surface area contributed by atoms with Crippen molar-refractivity contribution in [3.8, 4) is 0 Å². The number of fused-ring (bicyclic) bond motifs is 3. The number of benzene rings is 3. The lowest BCUT2D eigenvalue weighted by Crippen LogP contribution is -2.12. The maximum atomic E-state index is 12.5. The summed E-state index contributed by atoms with van der Waals surface area (Å²) < 4.78 is 24.8. The highest BCUT2D eigenvalue weighted by Gasteiger charge is 2.14. The van der Waals surface area contributed by atoms with Gasteiger partial charge in [-0.05, 0) is 35.7 Å². The second-order valence-electron chi connectivity index (χ2n) is 6.04. The molecule has 5 nitrogen and oxygen atoms in total. The Morgan fingerprint density at radius 3 is 2.52 bits per heavy atom. The van der Waals surface area contributed by atoms with E-state index in [1.807, 2.05) is 36.4 Å². The van der Waals surface area contributed by atoms with Gasteiger partial charge in [-0.3, -0.25) is 10.1 Å². The van der Waals surface area contributed by atoms with Crippen LogP contribution in [0.25, 0.3) is 21.0 Å². The lowest BCUT2D eigenvalue weighted by Gasteiger charge is -2.04.